The van der Waals surface area contributed by atoms with Gasteiger partial charge >= 0.3 is 11.9 Å². The Hall–Kier alpha value is -6.18. The van der Waals surface area contributed by atoms with Crippen LogP contribution in [0.15, 0.2) is 169 Å². The van der Waals surface area contributed by atoms with Gasteiger partial charge in [-0.25, -0.2) is 19.4 Å². The largest absolute Gasteiger partial charge is 0.386 e. The number of hydrogen-bond donors (Lipinski definition) is 0. The third-order valence-corrected chi connectivity index (χ3v) is 8.17. The summed E-state index contributed by atoms with van der Waals surface area (Å²) in [7, 11) is 0. The van der Waals surface area contributed by atoms with E-state index in [4.69, 9.17) is 0 Å². The SMILES string of the molecule is CC.CC.CC.Cc1ccc2sc3ccccc3c(=O)c2c1.O=C(OOC(=O)c1ccccc1)c1ccccc1.O=C(c1ccccc1)c1ccccc1. The predicted octanol–water partition coefficient (Wildman–Crippen LogP) is 12.3. The van der Waals surface area contributed by atoms with Crippen LogP contribution < -0.4 is 5.43 Å². The molecule has 1 aromatic heterocycles. The van der Waals surface area contributed by atoms with Gasteiger partial charge in [-0.15, -0.1) is 11.3 Å². The second-order valence-electron chi connectivity index (χ2n) is 10.5. The summed E-state index contributed by atoms with van der Waals surface area (Å²) in [6, 6.07) is 49.0. The van der Waals surface area contributed by atoms with Crippen LogP contribution in [0.5, 0.6) is 0 Å². The van der Waals surface area contributed by atoms with E-state index in [1.807, 2.05) is 152 Å². The molecule has 1 heterocycles. The Labute approximate surface area is 322 Å². The molecule has 0 aliphatic heterocycles. The van der Waals surface area contributed by atoms with Crippen LogP contribution in [-0.4, -0.2) is 17.7 Å². The van der Waals surface area contributed by atoms with Gasteiger partial charge in [0.05, 0.1) is 11.1 Å². The molecule has 7 heteroatoms. The number of aryl methyl sites for hydroxylation is 1. The standard InChI is InChI=1S/C14H10O4.C14H10OS.C13H10O.3C2H6/c15-13(11-7-3-1-4-8-11)17-18-14(16)12-9-5-2-6-10-12;1-9-6-7-13-11(8-9)14(15)10-4-2-3-5-12(10)16-13;14-13(11-7-3-1-4-8-11)12-9-5-2-6-10-12;3*1-2/h1-10H;2-8H,1H3;1-10H;3*1-2H3. The number of benzene rings is 6. The lowest BCUT2D eigenvalue weighted by atomic mass is 10.0. The first-order valence-corrected chi connectivity index (χ1v) is 18.8. The van der Waals surface area contributed by atoms with Gasteiger partial charge in [-0.05, 0) is 55.5 Å². The first-order chi connectivity index (χ1) is 26.4. The van der Waals surface area contributed by atoms with Crippen molar-refractivity contribution < 1.29 is 24.2 Å². The van der Waals surface area contributed by atoms with Crippen molar-refractivity contribution in [2.24, 2.45) is 0 Å². The number of hydrogen-bond acceptors (Lipinski definition) is 7. The van der Waals surface area contributed by atoms with Crippen LogP contribution in [0.2, 0.25) is 0 Å². The number of rotatable bonds is 4. The second kappa shape index (κ2) is 24.9. The van der Waals surface area contributed by atoms with Gasteiger partial charge in [-0.3, -0.25) is 9.59 Å². The number of fused-ring (bicyclic) bond motifs is 2. The van der Waals surface area contributed by atoms with E-state index in [0.717, 1.165) is 36.9 Å². The highest BCUT2D eigenvalue weighted by Crippen LogP contribution is 2.24. The molecule has 7 aromatic rings. The van der Waals surface area contributed by atoms with Gasteiger partial charge in [-0.2, -0.15) is 0 Å². The van der Waals surface area contributed by atoms with Gasteiger partial charge in [0, 0.05) is 31.3 Å². The van der Waals surface area contributed by atoms with Crippen LogP contribution in [0.3, 0.4) is 0 Å². The summed E-state index contributed by atoms with van der Waals surface area (Å²) in [5.74, 6) is -1.34. The van der Waals surface area contributed by atoms with Crippen LogP contribution >= 0.6 is 11.3 Å². The van der Waals surface area contributed by atoms with Crippen LogP contribution in [0.25, 0.3) is 20.2 Å². The average molecular weight is 741 g/mol. The van der Waals surface area contributed by atoms with Crippen molar-refractivity contribution >= 4 is 49.2 Å². The fourth-order valence-corrected chi connectivity index (χ4v) is 5.64. The molecule has 0 aliphatic carbocycles. The Kier molecular flexibility index (Phi) is 20.3. The normalized spacial score (nSPS) is 9.31. The third kappa shape index (κ3) is 13.4. The van der Waals surface area contributed by atoms with Gasteiger partial charge in [0.2, 0.25) is 0 Å². The maximum absolute atomic E-state index is 12.2. The lowest BCUT2D eigenvalue weighted by molar-refractivity contribution is -0.187. The summed E-state index contributed by atoms with van der Waals surface area (Å²) in [5, 5.41) is 1.66. The highest BCUT2D eigenvalue weighted by atomic mass is 32.1. The molecule has 6 aromatic carbocycles. The van der Waals surface area contributed by atoms with Gasteiger partial charge in [0.1, 0.15) is 0 Å². The monoisotopic (exact) mass is 740 g/mol. The highest BCUT2D eigenvalue weighted by molar-refractivity contribution is 7.24. The molecular formula is C47H48O6S. The quantitative estimate of drug-likeness (QED) is 0.0773. The van der Waals surface area contributed by atoms with Crippen molar-refractivity contribution in [3.63, 3.8) is 0 Å². The molecule has 0 amide bonds. The molecule has 7 rings (SSSR count). The van der Waals surface area contributed by atoms with Gasteiger partial charge in [-0.1, -0.05) is 162 Å². The van der Waals surface area contributed by atoms with Crippen molar-refractivity contribution in [3.8, 4) is 0 Å². The lowest BCUT2D eigenvalue weighted by Crippen LogP contribution is -2.11. The molecule has 0 spiro atoms. The topological polar surface area (TPSA) is 86.7 Å². The molecule has 0 aliphatic rings. The summed E-state index contributed by atoms with van der Waals surface area (Å²) < 4.78 is 2.12. The van der Waals surface area contributed by atoms with Crippen molar-refractivity contribution in [1.82, 2.24) is 0 Å². The minimum atomic E-state index is -0.708. The molecule has 0 saturated heterocycles. The molecule has 0 saturated carbocycles. The van der Waals surface area contributed by atoms with E-state index in [-0.39, 0.29) is 11.2 Å². The Morgan fingerprint density at radius 1 is 0.426 bits per heavy atom. The fraction of sp³-hybridized carbons (Fsp3) is 0.149. The van der Waals surface area contributed by atoms with E-state index < -0.39 is 11.9 Å². The molecule has 0 bridgehead atoms. The van der Waals surface area contributed by atoms with E-state index in [9.17, 15) is 19.2 Å². The van der Waals surface area contributed by atoms with Crippen molar-refractivity contribution in [2.45, 2.75) is 48.5 Å². The first-order valence-electron chi connectivity index (χ1n) is 18.0. The smallest absolute Gasteiger partial charge is 0.289 e. The first kappa shape index (κ1) is 44.0. The number of ketones is 1. The summed E-state index contributed by atoms with van der Waals surface area (Å²) in [5.41, 5.74) is 3.38. The van der Waals surface area contributed by atoms with Crippen LogP contribution in [0.1, 0.15) is 83.7 Å². The lowest BCUT2D eigenvalue weighted by Gasteiger charge is -2.02. The van der Waals surface area contributed by atoms with Crippen LogP contribution in [0.4, 0.5) is 0 Å². The Bertz CT molecular complexity index is 2110. The van der Waals surface area contributed by atoms with Crippen molar-refractivity contribution in [1.29, 1.82) is 0 Å². The molecule has 54 heavy (non-hydrogen) atoms. The molecule has 278 valence electrons. The predicted molar refractivity (Wildman–Crippen MR) is 224 cm³/mol. The van der Waals surface area contributed by atoms with E-state index >= 15 is 0 Å². The molecule has 0 N–H and O–H groups in total. The van der Waals surface area contributed by atoms with Gasteiger partial charge < -0.3 is 0 Å². The van der Waals surface area contributed by atoms with Crippen LogP contribution in [0, 0.1) is 6.92 Å². The zero-order valence-corrected chi connectivity index (χ0v) is 32.8. The maximum Gasteiger partial charge on any atom is 0.386 e. The summed E-state index contributed by atoms with van der Waals surface area (Å²) in [4.78, 5) is 56.0. The summed E-state index contributed by atoms with van der Waals surface area (Å²) in [6.07, 6.45) is 0. The zero-order chi connectivity index (χ0) is 39.7. The molecule has 0 radical (unpaired) electrons. The molecule has 6 nitrogen and oxygen atoms in total. The van der Waals surface area contributed by atoms with E-state index in [2.05, 4.69) is 9.78 Å². The number of carbonyl (C=O) groups is 3. The number of carbonyl (C=O) groups excluding carboxylic acids is 3. The fourth-order valence-electron chi connectivity index (χ4n) is 4.58. The van der Waals surface area contributed by atoms with E-state index in [0.29, 0.717) is 11.1 Å². The molecule has 0 fully saturated rings. The summed E-state index contributed by atoms with van der Waals surface area (Å²) in [6.45, 7) is 14.0. The van der Waals surface area contributed by atoms with Gasteiger partial charge in [0.15, 0.2) is 11.2 Å². The maximum atomic E-state index is 12.2. The van der Waals surface area contributed by atoms with E-state index in [1.54, 1.807) is 72.0 Å². The highest BCUT2D eigenvalue weighted by Gasteiger charge is 2.13. The van der Waals surface area contributed by atoms with Crippen LogP contribution in [-0.2, 0) is 9.78 Å². The zero-order valence-electron chi connectivity index (χ0n) is 31.9. The Balaban J connectivity index is 0.000000263. The third-order valence-electron chi connectivity index (χ3n) is 7.02. The molecule has 0 unspecified atom stereocenters. The van der Waals surface area contributed by atoms with E-state index in [1.165, 1.54) is 0 Å². The molecule has 0 atom stereocenters. The molecular weight excluding hydrogens is 693 g/mol. The Morgan fingerprint density at radius 3 is 1.20 bits per heavy atom. The average Bonchev–Trinajstić information content (AvgIpc) is 3.26. The second-order valence-corrected chi connectivity index (χ2v) is 11.5. The minimum Gasteiger partial charge on any atom is -0.289 e. The Morgan fingerprint density at radius 2 is 0.778 bits per heavy atom. The van der Waals surface area contributed by atoms with Crippen molar-refractivity contribution in [3.05, 3.63) is 202 Å². The van der Waals surface area contributed by atoms with Crippen molar-refractivity contribution in [2.75, 3.05) is 0 Å². The van der Waals surface area contributed by atoms with Gasteiger partial charge in [0.25, 0.3) is 0 Å². The minimum absolute atomic E-state index is 0.0752. The summed E-state index contributed by atoms with van der Waals surface area (Å²) >= 11 is 1.67.